The zero-order chi connectivity index (χ0) is 23.3. The largest absolute Gasteiger partial charge is 0.465 e. The highest BCUT2D eigenvalue weighted by atomic mass is 35.5. The molecule has 0 saturated carbocycles. The average Bonchev–Trinajstić information content (AvgIpc) is 3.13. The van der Waals surface area contributed by atoms with Crippen molar-refractivity contribution in [2.24, 2.45) is 0 Å². The first-order valence-corrected chi connectivity index (χ1v) is 11.1. The number of aryl methyl sites for hydroxylation is 1. The van der Waals surface area contributed by atoms with Crippen molar-refractivity contribution in [3.8, 4) is 0 Å². The summed E-state index contributed by atoms with van der Waals surface area (Å²) in [6, 6.07) is 7.65. The van der Waals surface area contributed by atoms with E-state index >= 15 is 0 Å². The number of H-pyrrole nitrogens is 1. The first-order chi connectivity index (χ1) is 15.3. The molecule has 3 rings (SSSR count). The lowest BCUT2D eigenvalue weighted by Crippen LogP contribution is -2.51. The van der Waals surface area contributed by atoms with Crippen molar-refractivity contribution < 1.29 is 19.1 Å². The smallest absolute Gasteiger partial charge is 0.339 e. The number of nitrogens with zero attached hydrogens (tertiary/aromatic N) is 2. The second-order valence-corrected chi connectivity index (χ2v) is 8.19. The van der Waals surface area contributed by atoms with E-state index in [2.05, 4.69) is 15.2 Å². The van der Waals surface area contributed by atoms with E-state index in [0.29, 0.717) is 60.1 Å². The van der Waals surface area contributed by atoms with Crippen molar-refractivity contribution in [2.75, 3.05) is 44.7 Å². The molecule has 172 valence electrons. The molecule has 0 bridgehead atoms. The van der Waals surface area contributed by atoms with Gasteiger partial charge in [0.15, 0.2) is 0 Å². The second-order valence-electron chi connectivity index (χ2n) is 7.75. The molecule has 1 aliphatic rings. The van der Waals surface area contributed by atoms with Crippen LogP contribution < -0.4 is 10.2 Å². The summed E-state index contributed by atoms with van der Waals surface area (Å²) in [6.07, 6.45) is 1.31. The summed E-state index contributed by atoms with van der Waals surface area (Å²) >= 11 is 6.07. The molecule has 1 aliphatic heterocycles. The fourth-order valence-corrected chi connectivity index (χ4v) is 4.18. The minimum absolute atomic E-state index is 0.104. The molecular weight excluding hydrogens is 432 g/mol. The number of rotatable bonds is 7. The van der Waals surface area contributed by atoms with Crippen LogP contribution in [0.2, 0.25) is 5.02 Å². The zero-order valence-corrected chi connectivity index (χ0v) is 19.4. The normalized spacial score (nSPS) is 13.8. The first kappa shape index (κ1) is 23.7. The number of carbonyl (C=O) groups is 3. The van der Waals surface area contributed by atoms with Gasteiger partial charge in [-0.3, -0.25) is 9.59 Å². The number of aromatic nitrogens is 1. The van der Waals surface area contributed by atoms with Gasteiger partial charge in [-0.1, -0.05) is 31.0 Å². The standard InChI is InChI=1S/C23H29ClN4O4/c1-4-6-18-20(23(31)32-3)15(2)26-21(18)22(30)25-14-19(29)28-11-9-27(10-12-28)17-8-5-7-16(24)13-17/h5,7-8,13,26H,4,6,9-12,14H2,1-3H3,(H,25,30). The van der Waals surface area contributed by atoms with E-state index in [-0.39, 0.29) is 12.5 Å². The maximum atomic E-state index is 12.8. The van der Waals surface area contributed by atoms with Crippen LogP contribution in [-0.4, -0.2) is 67.5 Å². The summed E-state index contributed by atoms with van der Waals surface area (Å²) in [5.41, 5.74) is 2.93. The van der Waals surface area contributed by atoms with E-state index in [1.165, 1.54) is 7.11 Å². The van der Waals surface area contributed by atoms with Crippen LogP contribution in [-0.2, 0) is 16.0 Å². The van der Waals surface area contributed by atoms with Crippen LogP contribution in [0.1, 0.15) is 45.4 Å². The van der Waals surface area contributed by atoms with E-state index in [9.17, 15) is 14.4 Å². The van der Waals surface area contributed by atoms with Crippen molar-refractivity contribution in [3.63, 3.8) is 0 Å². The summed E-state index contributed by atoms with van der Waals surface area (Å²) in [5, 5.41) is 3.38. The quantitative estimate of drug-likeness (QED) is 0.619. The van der Waals surface area contributed by atoms with Gasteiger partial charge in [0.05, 0.1) is 19.2 Å². The summed E-state index contributed by atoms with van der Waals surface area (Å²) in [5.74, 6) is -1.02. The minimum Gasteiger partial charge on any atom is -0.465 e. The average molecular weight is 461 g/mol. The molecular formula is C23H29ClN4O4. The Morgan fingerprint density at radius 3 is 2.53 bits per heavy atom. The molecule has 8 nitrogen and oxygen atoms in total. The van der Waals surface area contributed by atoms with Crippen LogP contribution in [0.3, 0.4) is 0 Å². The van der Waals surface area contributed by atoms with Crippen LogP contribution in [0.15, 0.2) is 24.3 Å². The van der Waals surface area contributed by atoms with E-state index in [1.807, 2.05) is 31.2 Å². The number of hydrogen-bond acceptors (Lipinski definition) is 5. The molecule has 1 aromatic carbocycles. The summed E-state index contributed by atoms with van der Waals surface area (Å²) in [6.45, 7) is 6.11. The topological polar surface area (TPSA) is 94.7 Å². The number of benzene rings is 1. The molecule has 0 aliphatic carbocycles. The molecule has 1 saturated heterocycles. The van der Waals surface area contributed by atoms with Crippen molar-refractivity contribution in [1.82, 2.24) is 15.2 Å². The molecule has 9 heteroatoms. The number of methoxy groups -OCH3 is 1. The SMILES string of the molecule is CCCc1c(C(=O)NCC(=O)N2CCN(c3cccc(Cl)c3)CC2)[nH]c(C)c1C(=O)OC. The monoisotopic (exact) mass is 460 g/mol. The minimum atomic E-state index is -0.477. The molecule has 2 heterocycles. The second kappa shape index (κ2) is 10.5. The number of ether oxygens (including phenoxy) is 1. The fourth-order valence-electron chi connectivity index (χ4n) is 3.99. The van der Waals surface area contributed by atoms with Crippen LogP contribution in [0.25, 0.3) is 0 Å². The molecule has 0 radical (unpaired) electrons. The van der Waals surface area contributed by atoms with Gasteiger partial charge in [0.2, 0.25) is 5.91 Å². The number of carbonyl (C=O) groups excluding carboxylic acids is 3. The first-order valence-electron chi connectivity index (χ1n) is 10.7. The number of anilines is 1. The van der Waals surface area contributed by atoms with Crippen molar-refractivity contribution >= 4 is 35.1 Å². The van der Waals surface area contributed by atoms with Gasteiger partial charge in [0.1, 0.15) is 5.69 Å². The lowest BCUT2D eigenvalue weighted by atomic mass is 10.0. The maximum absolute atomic E-state index is 12.8. The molecule has 2 N–H and O–H groups in total. The van der Waals surface area contributed by atoms with Crippen molar-refractivity contribution in [1.29, 1.82) is 0 Å². The number of piperazine rings is 1. The Balaban J connectivity index is 1.58. The van der Waals surface area contributed by atoms with Crippen LogP contribution in [0.5, 0.6) is 0 Å². The molecule has 0 atom stereocenters. The Labute approximate surface area is 192 Å². The third-order valence-electron chi connectivity index (χ3n) is 5.61. The predicted molar refractivity (Wildman–Crippen MR) is 123 cm³/mol. The van der Waals surface area contributed by atoms with Gasteiger partial charge in [0, 0.05) is 42.6 Å². The summed E-state index contributed by atoms with van der Waals surface area (Å²) in [4.78, 5) is 44.5. The highest BCUT2D eigenvalue weighted by Gasteiger charge is 2.26. The van der Waals surface area contributed by atoms with Gasteiger partial charge < -0.3 is 24.8 Å². The molecule has 2 aromatic rings. The number of halogens is 1. The third-order valence-corrected chi connectivity index (χ3v) is 5.85. The Hall–Kier alpha value is -3.00. The zero-order valence-electron chi connectivity index (χ0n) is 18.7. The maximum Gasteiger partial charge on any atom is 0.339 e. The van der Waals surface area contributed by atoms with Gasteiger partial charge in [-0.05, 0) is 37.1 Å². The number of nitrogens with one attached hydrogen (secondary N) is 2. The number of aromatic amines is 1. The van der Waals surface area contributed by atoms with E-state index in [4.69, 9.17) is 16.3 Å². The fraction of sp³-hybridized carbons (Fsp3) is 0.435. The third kappa shape index (κ3) is 5.24. The van der Waals surface area contributed by atoms with E-state index in [0.717, 1.165) is 12.1 Å². The highest BCUT2D eigenvalue weighted by molar-refractivity contribution is 6.30. The Kier molecular flexibility index (Phi) is 7.80. The lowest BCUT2D eigenvalue weighted by molar-refractivity contribution is -0.130. The van der Waals surface area contributed by atoms with Crippen molar-refractivity contribution in [2.45, 2.75) is 26.7 Å². The van der Waals surface area contributed by atoms with Gasteiger partial charge in [-0.2, -0.15) is 0 Å². The Morgan fingerprint density at radius 1 is 1.19 bits per heavy atom. The number of hydrogen-bond donors (Lipinski definition) is 2. The Bertz CT molecular complexity index is 996. The van der Waals surface area contributed by atoms with Crippen molar-refractivity contribution in [3.05, 3.63) is 51.8 Å². The summed E-state index contributed by atoms with van der Waals surface area (Å²) in [7, 11) is 1.31. The lowest BCUT2D eigenvalue weighted by Gasteiger charge is -2.36. The van der Waals surface area contributed by atoms with Gasteiger partial charge in [0.25, 0.3) is 5.91 Å². The molecule has 2 amide bonds. The summed E-state index contributed by atoms with van der Waals surface area (Å²) < 4.78 is 4.86. The molecule has 0 unspecified atom stereocenters. The van der Waals surface area contributed by atoms with Crippen LogP contribution in [0.4, 0.5) is 5.69 Å². The molecule has 1 fully saturated rings. The molecule has 1 aromatic heterocycles. The number of amides is 2. The Morgan fingerprint density at radius 2 is 1.91 bits per heavy atom. The predicted octanol–water partition coefficient (Wildman–Crippen LogP) is 2.79. The van der Waals surface area contributed by atoms with Gasteiger partial charge >= 0.3 is 5.97 Å². The van der Waals surface area contributed by atoms with E-state index in [1.54, 1.807) is 11.8 Å². The number of esters is 1. The van der Waals surface area contributed by atoms with E-state index < -0.39 is 11.9 Å². The van der Waals surface area contributed by atoms with Crippen LogP contribution in [0, 0.1) is 6.92 Å². The highest BCUT2D eigenvalue weighted by Crippen LogP contribution is 2.22. The molecule has 32 heavy (non-hydrogen) atoms. The van der Waals surface area contributed by atoms with Gasteiger partial charge in [-0.25, -0.2) is 4.79 Å². The molecule has 0 spiro atoms. The van der Waals surface area contributed by atoms with Crippen LogP contribution >= 0.6 is 11.6 Å². The van der Waals surface area contributed by atoms with Gasteiger partial charge in [-0.15, -0.1) is 0 Å².